The number of carbonyl (C=O) groups excluding carboxylic acids is 1. The Labute approximate surface area is 151 Å². The van der Waals surface area contributed by atoms with Crippen LogP contribution >= 0.6 is 23.2 Å². The molecule has 0 heterocycles. The zero-order valence-corrected chi connectivity index (χ0v) is 15.0. The van der Waals surface area contributed by atoms with Gasteiger partial charge in [-0.2, -0.15) is 0 Å². The maximum absolute atomic E-state index is 12.1. The van der Waals surface area contributed by atoms with Crippen molar-refractivity contribution in [2.24, 2.45) is 0 Å². The molecule has 2 aromatic rings. The molecule has 0 bridgehead atoms. The third-order valence-corrected chi connectivity index (χ3v) is 5.31. The average Bonchev–Trinajstić information content (AvgIpc) is 2.53. The summed E-state index contributed by atoms with van der Waals surface area (Å²) in [6.07, 6.45) is 0.601. The highest BCUT2D eigenvalue weighted by Crippen LogP contribution is 2.19. The Kier molecular flexibility index (Phi) is 6.62. The molecular weight excluding hydrogens is 371 g/mol. The summed E-state index contributed by atoms with van der Waals surface area (Å²) in [6, 6.07) is 13.4. The first-order chi connectivity index (χ1) is 11.4. The van der Waals surface area contributed by atoms with Crippen molar-refractivity contribution in [3.63, 3.8) is 0 Å². The van der Waals surface area contributed by atoms with Gasteiger partial charge in [0.2, 0.25) is 15.9 Å². The van der Waals surface area contributed by atoms with Crippen LogP contribution in [-0.4, -0.2) is 27.4 Å². The van der Waals surface area contributed by atoms with Crippen molar-refractivity contribution >= 4 is 39.1 Å². The van der Waals surface area contributed by atoms with E-state index in [4.69, 9.17) is 23.2 Å². The molecule has 24 heavy (non-hydrogen) atoms. The number of amides is 1. The molecule has 5 nitrogen and oxygen atoms in total. The van der Waals surface area contributed by atoms with Gasteiger partial charge in [0, 0.05) is 11.6 Å². The molecule has 0 spiro atoms. The summed E-state index contributed by atoms with van der Waals surface area (Å²) in [7, 11) is -3.83. The Morgan fingerprint density at radius 2 is 1.79 bits per heavy atom. The van der Waals surface area contributed by atoms with Crippen molar-refractivity contribution in [2.45, 2.75) is 11.3 Å². The van der Waals surface area contributed by atoms with Crippen LogP contribution in [0, 0.1) is 0 Å². The Morgan fingerprint density at radius 1 is 1.04 bits per heavy atom. The van der Waals surface area contributed by atoms with Gasteiger partial charge in [-0.3, -0.25) is 4.79 Å². The Balaban J connectivity index is 1.82. The fourth-order valence-electron chi connectivity index (χ4n) is 2.00. The Morgan fingerprint density at radius 3 is 2.50 bits per heavy atom. The highest BCUT2D eigenvalue weighted by molar-refractivity contribution is 7.89. The summed E-state index contributed by atoms with van der Waals surface area (Å²) in [5.74, 6) is -0.423. The first-order valence-electron chi connectivity index (χ1n) is 7.14. The van der Waals surface area contributed by atoms with Gasteiger partial charge in [-0.15, -0.1) is 0 Å². The molecule has 2 rings (SSSR count). The predicted molar refractivity (Wildman–Crippen MR) is 94.8 cm³/mol. The SMILES string of the molecule is O=C(CNS(=O)(=O)c1ccccc1Cl)NCCc1cccc(Cl)c1. The molecular formula is C16H16Cl2N2O3S. The van der Waals surface area contributed by atoms with Gasteiger partial charge in [0.05, 0.1) is 11.6 Å². The standard InChI is InChI=1S/C16H16Cl2N2O3S/c17-13-5-3-4-12(10-13)8-9-19-16(21)11-20-24(22,23)15-7-2-1-6-14(15)18/h1-7,10,20H,8-9,11H2,(H,19,21). The molecule has 0 aromatic heterocycles. The third kappa shape index (κ3) is 5.49. The van der Waals surface area contributed by atoms with Crippen LogP contribution in [0.25, 0.3) is 0 Å². The van der Waals surface area contributed by atoms with E-state index in [9.17, 15) is 13.2 Å². The van der Waals surface area contributed by atoms with E-state index < -0.39 is 15.9 Å². The summed E-state index contributed by atoms with van der Waals surface area (Å²) in [6.45, 7) is 0.0239. The molecule has 0 aliphatic rings. The van der Waals surface area contributed by atoms with Crippen molar-refractivity contribution in [3.8, 4) is 0 Å². The van der Waals surface area contributed by atoms with Crippen LogP contribution in [0.4, 0.5) is 0 Å². The summed E-state index contributed by atoms with van der Waals surface area (Å²) in [4.78, 5) is 11.7. The van der Waals surface area contributed by atoms with E-state index >= 15 is 0 Å². The van der Waals surface area contributed by atoms with E-state index in [0.717, 1.165) is 5.56 Å². The molecule has 0 radical (unpaired) electrons. The van der Waals surface area contributed by atoms with E-state index in [0.29, 0.717) is 18.0 Å². The Bertz CT molecular complexity index is 826. The second-order valence-electron chi connectivity index (χ2n) is 4.98. The quantitative estimate of drug-likeness (QED) is 0.767. The largest absolute Gasteiger partial charge is 0.355 e. The van der Waals surface area contributed by atoms with Gasteiger partial charge in [-0.25, -0.2) is 13.1 Å². The normalized spacial score (nSPS) is 11.2. The molecule has 128 valence electrons. The van der Waals surface area contributed by atoms with Crippen LogP contribution in [-0.2, 0) is 21.2 Å². The Hall–Kier alpha value is -1.60. The van der Waals surface area contributed by atoms with Crippen LogP contribution in [0.2, 0.25) is 10.0 Å². The topological polar surface area (TPSA) is 75.3 Å². The molecule has 0 fully saturated rings. The van der Waals surface area contributed by atoms with Crippen molar-refractivity contribution in [1.82, 2.24) is 10.0 Å². The van der Waals surface area contributed by atoms with Crippen LogP contribution in [0.15, 0.2) is 53.4 Å². The number of benzene rings is 2. The zero-order valence-electron chi connectivity index (χ0n) is 12.6. The summed E-state index contributed by atoms with van der Waals surface area (Å²) >= 11 is 11.7. The minimum Gasteiger partial charge on any atom is -0.355 e. The smallest absolute Gasteiger partial charge is 0.242 e. The highest BCUT2D eigenvalue weighted by atomic mass is 35.5. The zero-order chi connectivity index (χ0) is 17.6. The number of hydrogen-bond donors (Lipinski definition) is 2. The van der Waals surface area contributed by atoms with Crippen molar-refractivity contribution in [3.05, 3.63) is 64.1 Å². The maximum Gasteiger partial charge on any atom is 0.242 e. The number of hydrogen-bond acceptors (Lipinski definition) is 3. The van der Waals surface area contributed by atoms with Gasteiger partial charge in [-0.1, -0.05) is 47.5 Å². The monoisotopic (exact) mass is 386 g/mol. The van der Waals surface area contributed by atoms with Gasteiger partial charge >= 0.3 is 0 Å². The molecule has 1 amide bonds. The third-order valence-electron chi connectivity index (χ3n) is 3.17. The first-order valence-corrected chi connectivity index (χ1v) is 9.38. The molecule has 0 atom stereocenters. The number of carbonyl (C=O) groups is 1. The number of rotatable bonds is 7. The summed E-state index contributed by atoms with van der Waals surface area (Å²) in [5, 5.41) is 3.38. The van der Waals surface area contributed by atoms with Crippen LogP contribution in [0.1, 0.15) is 5.56 Å². The van der Waals surface area contributed by atoms with Crippen molar-refractivity contribution in [1.29, 1.82) is 0 Å². The second-order valence-corrected chi connectivity index (χ2v) is 7.56. The summed E-state index contributed by atoms with van der Waals surface area (Å²) in [5.41, 5.74) is 0.986. The first kappa shape index (κ1) is 18.7. The molecule has 2 N–H and O–H groups in total. The number of sulfonamides is 1. The number of nitrogens with one attached hydrogen (secondary N) is 2. The average molecular weight is 387 g/mol. The van der Waals surface area contributed by atoms with Crippen molar-refractivity contribution in [2.75, 3.05) is 13.1 Å². The minimum absolute atomic E-state index is 0.0570. The van der Waals surface area contributed by atoms with E-state index in [1.807, 2.05) is 18.2 Å². The van der Waals surface area contributed by atoms with E-state index in [2.05, 4.69) is 10.0 Å². The molecule has 0 unspecified atom stereocenters. The van der Waals surface area contributed by atoms with Crippen LogP contribution in [0.3, 0.4) is 0 Å². The molecule has 0 aliphatic heterocycles. The van der Waals surface area contributed by atoms with Crippen molar-refractivity contribution < 1.29 is 13.2 Å². The summed E-state index contributed by atoms with van der Waals surface area (Å²) < 4.78 is 26.4. The molecule has 0 saturated heterocycles. The van der Waals surface area contributed by atoms with E-state index in [-0.39, 0.29) is 16.5 Å². The second kappa shape index (κ2) is 8.48. The van der Waals surface area contributed by atoms with E-state index in [1.165, 1.54) is 12.1 Å². The van der Waals surface area contributed by atoms with Gasteiger partial charge in [-0.05, 0) is 36.2 Å². The van der Waals surface area contributed by atoms with E-state index in [1.54, 1.807) is 18.2 Å². The lowest BCUT2D eigenvalue weighted by Gasteiger charge is -2.09. The highest BCUT2D eigenvalue weighted by Gasteiger charge is 2.18. The maximum atomic E-state index is 12.1. The predicted octanol–water partition coefficient (Wildman–Crippen LogP) is 2.63. The van der Waals surface area contributed by atoms with Crippen LogP contribution in [0.5, 0.6) is 0 Å². The minimum atomic E-state index is -3.83. The molecule has 8 heteroatoms. The molecule has 2 aromatic carbocycles. The fraction of sp³-hybridized carbons (Fsp3) is 0.188. The lowest BCUT2D eigenvalue weighted by molar-refractivity contribution is -0.119. The molecule has 0 saturated carbocycles. The lowest BCUT2D eigenvalue weighted by atomic mass is 10.1. The van der Waals surface area contributed by atoms with Gasteiger partial charge in [0.15, 0.2) is 0 Å². The lowest BCUT2D eigenvalue weighted by Crippen LogP contribution is -2.37. The van der Waals surface area contributed by atoms with Gasteiger partial charge < -0.3 is 5.32 Å². The van der Waals surface area contributed by atoms with Crippen LogP contribution < -0.4 is 10.0 Å². The molecule has 0 aliphatic carbocycles. The fourth-order valence-corrected chi connectivity index (χ4v) is 3.71. The van der Waals surface area contributed by atoms with Gasteiger partial charge in [0.1, 0.15) is 4.90 Å². The number of halogens is 2. The van der Waals surface area contributed by atoms with Gasteiger partial charge in [0.25, 0.3) is 0 Å².